The molecular weight excluding hydrogens is 256 g/mol. The van der Waals surface area contributed by atoms with E-state index in [1.54, 1.807) is 4.90 Å². The van der Waals surface area contributed by atoms with Crippen LogP contribution in [0.4, 0.5) is 0 Å². The highest BCUT2D eigenvalue weighted by Gasteiger charge is 2.21. The van der Waals surface area contributed by atoms with Gasteiger partial charge in [-0.3, -0.25) is 4.79 Å². The van der Waals surface area contributed by atoms with Crippen LogP contribution < -0.4 is 5.32 Å². The van der Waals surface area contributed by atoms with E-state index in [0.717, 1.165) is 24.2 Å². The average Bonchev–Trinajstić information content (AvgIpc) is 2.94. The van der Waals surface area contributed by atoms with Gasteiger partial charge in [-0.25, -0.2) is 0 Å². The van der Waals surface area contributed by atoms with Crippen molar-refractivity contribution in [2.24, 2.45) is 0 Å². The Morgan fingerprint density at radius 2 is 2.25 bits per heavy atom. The number of nitrogens with zero attached hydrogens (tertiary/aromatic N) is 1. The first-order valence-corrected chi connectivity index (χ1v) is 7.01. The van der Waals surface area contributed by atoms with Crippen LogP contribution in [-0.2, 0) is 22.7 Å². The fraction of sp³-hybridized carbons (Fsp3) is 0.533. The number of likely N-dealkylation sites (N-methyl/N-ethyl adjacent to an activating group) is 1. The second-order valence-corrected chi connectivity index (χ2v) is 5.36. The van der Waals surface area contributed by atoms with E-state index in [-0.39, 0.29) is 12.0 Å². The summed E-state index contributed by atoms with van der Waals surface area (Å²) in [5.74, 6) is 0.0360. The monoisotopic (exact) mass is 276 g/mol. The largest absolute Gasteiger partial charge is 0.374 e. The number of ether oxygens (including phenoxy) is 2. The smallest absolute Gasteiger partial charge is 0.253 e. The third kappa shape index (κ3) is 2.85. The van der Waals surface area contributed by atoms with Crippen LogP contribution in [0.15, 0.2) is 18.2 Å². The highest BCUT2D eigenvalue weighted by Crippen LogP contribution is 2.21. The molecule has 1 unspecified atom stereocenters. The Morgan fingerprint density at radius 1 is 1.40 bits per heavy atom. The molecule has 0 bridgehead atoms. The minimum absolute atomic E-state index is 0.0360. The van der Waals surface area contributed by atoms with Gasteiger partial charge in [0.15, 0.2) is 0 Å². The fourth-order valence-electron chi connectivity index (χ4n) is 2.65. The fourth-order valence-corrected chi connectivity index (χ4v) is 2.65. The number of benzene rings is 1. The number of morpholine rings is 1. The maximum absolute atomic E-state index is 12.4. The highest BCUT2D eigenvalue weighted by molar-refractivity contribution is 5.94. The molecule has 20 heavy (non-hydrogen) atoms. The summed E-state index contributed by atoms with van der Waals surface area (Å²) in [5, 5.41) is 3.27. The summed E-state index contributed by atoms with van der Waals surface area (Å²) in [4.78, 5) is 14.2. The van der Waals surface area contributed by atoms with Crippen LogP contribution in [0.1, 0.15) is 21.5 Å². The zero-order valence-corrected chi connectivity index (χ0v) is 11.7. The molecule has 0 aliphatic carbocycles. The lowest BCUT2D eigenvalue weighted by Crippen LogP contribution is -2.45. The number of rotatable bonds is 3. The standard InChI is InChI=1S/C15H20N2O3/c1-17(8-14-7-16-4-5-20-14)15(18)11-2-3-12-9-19-10-13(12)6-11/h2-3,6,14,16H,4-5,7-10H2,1H3. The normalized spacial score (nSPS) is 21.6. The van der Waals surface area contributed by atoms with Gasteiger partial charge in [0.2, 0.25) is 0 Å². The topological polar surface area (TPSA) is 50.8 Å². The van der Waals surface area contributed by atoms with E-state index >= 15 is 0 Å². The summed E-state index contributed by atoms with van der Waals surface area (Å²) in [5.41, 5.74) is 3.03. The van der Waals surface area contributed by atoms with Gasteiger partial charge in [0, 0.05) is 32.2 Å². The number of carbonyl (C=O) groups excluding carboxylic acids is 1. The number of hydrogen-bond donors (Lipinski definition) is 1. The minimum Gasteiger partial charge on any atom is -0.374 e. The summed E-state index contributed by atoms with van der Waals surface area (Å²) >= 11 is 0. The highest BCUT2D eigenvalue weighted by atomic mass is 16.5. The van der Waals surface area contributed by atoms with Crippen LogP contribution >= 0.6 is 0 Å². The second kappa shape index (κ2) is 5.91. The SMILES string of the molecule is CN(CC1CNCCO1)C(=O)c1ccc2c(c1)COC2. The Bertz CT molecular complexity index is 498. The molecule has 0 saturated carbocycles. The Balaban J connectivity index is 1.65. The van der Waals surface area contributed by atoms with Gasteiger partial charge in [-0.15, -0.1) is 0 Å². The van der Waals surface area contributed by atoms with Crippen LogP contribution in [0.5, 0.6) is 0 Å². The van der Waals surface area contributed by atoms with E-state index in [1.807, 2.05) is 25.2 Å². The molecule has 2 aliphatic rings. The van der Waals surface area contributed by atoms with Gasteiger partial charge in [0.1, 0.15) is 0 Å². The van der Waals surface area contributed by atoms with Crippen LogP contribution in [0.25, 0.3) is 0 Å². The van der Waals surface area contributed by atoms with E-state index in [0.29, 0.717) is 26.4 Å². The van der Waals surface area contributed by atoms with E-state index < -0.39 is 0 Å². The molecule has 1 N–H and O–H groups in total. The van der Waals surface area contributed by atoms with Crippen molar-refractivity contribution in [3.05, 3.63) is 34.9 Å². The van der Waals surface area contributed by atoms with Gasteiger partial charge in [-0.05, 0) is 23.3 Å². The van der Waals surface area contributed by atoms with Gasteiger partial charge < -0.3 is 19.7 Å². The summed E-state index contributed by atoms with van der Waals surface area (Å²) < 4.78 is 11.0. The first kappa shape index (κ1) is 13.5. The van der Waals surface area contributed by atoms with Crippen LogP contribution in [0.3, 0.4) is 0 Å². The van der Waals surface area contributed by atoms with Gasteiger partial charge >= 0.3 is 0 Å². The lowest BCUT2D eigenvalue weighted by atomic mass is 10.1. The molecule has 5 nitrogen and oxygen atoms in total. The van der Waals surface area contributed by atoms with E-state index in [9.17, 15) is 4.79 Å². The van der Waals surface area contributed by atoms with Crippen molar-refractivity contribution < 1.29 is 14.3 Å². The predicted octanol–water partition coefficient (Wildman–Crippen LogP) is 0.777. The first-order chi connectivity index (χ1) is 9.74. The first-order valence-electron chi connectivity index (χ1n) is 7.01. The van der Waals surface area contributed by atoms with Crippen molar-refractivity contribution in [3.63, 3.8) is 0 Å². The van der Waals surface area contributed by atoms with Gasteiger partial charge in [0.05, 0.1) is 25.9 Å². The molecule has 1 aromatic rings. The van der Waals surface area contributed by atoms with Gasteiger partial charge in [-0.2, -0.15) is 0 Å². The van der Waals surface area contributed by atoms with E-state index in [1.165, 1.54) is 5.56 Å². The molecule has 5 heteroatoms. The molecule has 1 saturated heterocycles. The number of nitrogens with one attached hydrogen (secondary N) is 1. The van der Waals surface area contributed by atoms with Crippen molar-refractivity contribution in [2.75, 3.05) is 33.3 Å². The molecule has 1 fully saturated rings. The van der Waals surface area contributed by atoms with Gasteiger partial charge in [0.25, 0.3) is 5.91 Å². The van der Waals surface area contributed by atoms with Crippen molar-refractivity contribution in [1.82, 2.24) is 10.2 Å². The Hall–Kier alpha value is -1.43. The average molecular weight is 276 g/mol. The molecule has 0 spiro atoms. The molecule has 1 amide bonds. The van der Waals surface area contributed by atoms with Crippen LogP contribution in [-0.4, -0.2) is 50.2 Å². The molecule has 2 aliphatic heterocycles. The lowest BCUT2D eigenvalue weighted by Gasteiger charge is -2.28. The number of hydrogen-bond acceptors (Lipinski definition) is 4. The van der Waals surface area contributed by atoms with Crippen molar-refractivity contribution in [1.29, 1.82) is 0 Å². The molecule has 108 valence electrons. The predicted molar refractivity (Wildman–Crippen MR) is 74.5 cm³/mol. The van der Waals surface area contributed by atoms with Crippen LogP contribution in [0, 0.1) is 0 Å². The summed E-state index contributed by atoms with van der Waals surface area (Å²) in [6.45, 7) is 4.27. The zero-order valence-electron chi connectivity index (χ0n) is 11.7. The third-order valence-electron chi connectivity index (χ3n) is 3.80. The van der Waals surface area contributed by atoms with Gasteiger partial charge in [-0.1, -0.05) is 6.07 Å². The minimum atomic E-state index is 0.0360. The quantitative estimate of drug-likeness (QED) is 0.886. The van der Waals surface area contributed by atoms with Crippen molar-refractivity contribution >= 4 is 5.91 Å². The molecule has 1 aromatic carbocycles. The molecule has 1 atom stereocenters. The zero-order chi connectivity index (χ0) is 13.9. The van der Waals surface area contributed by atoms with E-state index in [2.05, 4.69) is 5.32 Å². The summed E-state index contributed by atoms with van der Waals surface area (Å²) in [6.07, 6.45) is 0.0791. The Morgan fingerprint density at radius 3 is 3.05 bits per heavy atom. The van der Waals surface area contributed by atoms with E-state index in [4.69, 9.17) is 9.47 Å². The van der Waals surface area contributed by atoms with Crippen molar-refractivity contribution in [2.45, 2.75) is 19.3 Å². The number of amides is 1. The Labute approximate surface area is 118 Å². The number of carbonyl (C=O) groups is 1. The van der Waals surface area contributed by atoms with Crippen molar-refractivity contribution in [3.8, 4) is 0 Å². The molecule has 0 radical (unpaired) electrons. The van der Waals surface area contributed by atoms with Crippen LogP contribution in [0.2, 0.25) is 0 Å². The third-order valence-corrected chi connectivity index (χ3v) is 3.80. The molecule has 3 rings (SSSR count). The summed E-state index contributed by atoms with van der Waals surface area (Å²) in [6, 6.07) is 5.82. The molecule has 0 aromatic heterocycles. The maximum atomic E-state index is 12.4. The maximum Gasteiger partial charge on any atom is 0.253 e. The molecular formula is C15H20N2O3. The second-order valence-electron chi connectivity index (χ2n) is 5.36. The number of fused-ring (bicyclic) bond motifs is 1. The molecule has 2 heterocycles. The summed E-state index contributed by atoms with van der Waals surface area (Å²) in [7, 11) is 1.82. The lowest BCUT2D eigenvalue weighted by molar-refractivity contribution is 0.0104. The Kier molecular flexibility index (Phi) is 4.00.